The molecule has 0 bridgehead atoms. The molecule has 0 unspecified atom stereocenters. The first-order valence-corrected chi connectivity index (χ1v) is 5.77. The smallest absolute Gasteiger partial charge is 0.295 e. The molecule has 1 aliphatic heterocycles. The van der Waals surface area contributed by atoms with Gasteiger partial charge in [-0.1, -0.05) is 35.5 Å². The maximum absolute atomic E-state index is 10.9. The predicted molar refractivity (Wildman–Crippen MR) is 66.2 cm³/mol. The summed E-state index contributed by atoms with van der Waals surface area (Å²) in [7, 11) is 0. The van der Waals surface area contributed by atoms with Gasteiger partial charge in [0, 0.05) is 4.92 Å². The van der Waals surface area contributed by atoms with Crippen LogP contribution in [0.3, 0.4) is 0 Å². The van der Waals surface area contributed by atoms with Crippen molar-refractivity contribution in [1.29, 1.82) is 0 Å². The lowest BCUT2D eigenvalue weighted by molar-refractivity contribution is -0.514. The Labute approximate surface area is 109 Å². The van der Waals surface area contributed by atoms with Gasteiger partial charge in [0.25, 0.3) is 6.04 Å². The van der Waals surface area contributed by atoms with Gasteiger partial charge in [-0.05, 0) is 12.5 Å². The normalized spacial score (nSPS) is 25.3. The molecule has 0 saturated carbocycles. The van der Waals surface area contributed by atoms with Gasteiger partial charge in [-0.15, -0.1) is 0 Å². The van der Waals surface area contributed by atoms with E-state index in [0.29, 0.717) is 5.56 Å². The molecule has 2 rings (SSSR count). The van der Waals surface area contributed by atoms with E-state index < -0.39 is 29.3 Å². The third-order valence-corrected chi connectivity index (χ3v) is 3.09. The van der Waals surface area contributed by atoms with E-state index in [0.717, 1.165) is 0 Å². The van der Waals surface area contributed by atoms with E-state index in [-0.39, 0.29) is 5.71 Å². The van der Waals surface area contributed by atoms with Gasteiger partial charge in [-0.3, -0.25) is 10.1 Å². The maximum atomic E-state index is 10.9. The SMILES string of the molecule is CC1=NO[C@H]([C@@H](O)[C@H](O)c2ccccc2)[C@H]1[N+](=O)[O-]. The molecule has 0 spiro atoms. The highest BCUT2D eigenvalue weighted by atomic mass is 16.7. The molecular formula is C12H14N2O5. The largest absolute Gasteiger partial charge is 0.386 e. The number of nitro groups is 1. The number of aliphatic hydroxyl groups is 2. The van der Waals surface area contributed by atoms with Gasteiger partial charge in [0.05, 0.1) is 0 Å². The van der Waals surface area contributed by atoms with Gasteiger partial charge >= 0.3 is 0 Å². The Morgan fingerprint density at radius 3 is 2.58 bits per heavy atom. The summed E-state index contributed by atoms with van der Waals surface area (Å²) in [6.07, 6.45) is -3.89. The molecule has 0 amide bonds. The third-order valence-electron chi connectivity index (χ3n) is 3.09. The van der Waals surface area contributed by atoms with E-state index >= 15 is 0 Å². The summed E-state index contributed by atoms with van der Waals surface area (Å²) < 4.78 is 0. The van der Waals surface area contributed by atoms with Crippen LogP contribution in [-0.4, -0.2) is 39.1 Å². The van der Waals surface area contributed by atoms with Crippen LogP contribution < -0.4 is 0 Å². The van der Waals surface area contributed by atoms with E-state index in [1.807, 2.05) is 0 Å². The Morgan fingerprint density at radius 1 is 1.37 bits per heavy atom. The molecule has 2 N–H and O–H groups in total. The number of oxime groups is 1. The first kappa shape index (κ1) is 13.4. The Kier molecular flexibility index (Phi) is 3.77. The van der Waals surface area contributed by atoms with Crippen molar-refractivity contribution in [3.63, 3.8) is 0 Å². The minimum Gasteiger partial charge on any atom is -0.386 e. The van der Waals surface area contributed by atoms with Crippen molar-refractivity contribution in [2.24, 2.45) is 5.16 Å². The second kappa shape index (κ2) is 5.33. The van der Waals surface area contributed by atoms with E-state index in [4.69, 9.17) is 4.84 Å². The van der Waals surface area contributed by atoms with Crippen molar-refractivity contribution in [2.75, 3.05) is 0 Å². The maximum Gasteiger partial charge on any atom is 0.295 e. The van der Waals surface area contributed by atoms with E-state index in [2.05, 4.69) is 5.16 Å². The van der Waals surface area contributed by atoms with Crippen molar-refractivity contribution >= 4 is 5.71 Å². The molecule has 0 saturated heterocycles. The summed E-state index contributed by atoms with van der Waals surface area (Å²) in [6.45, 7) is 1.45. The van der Waals surface area contributed by atoms with Crippen LogP contribution in [-0.2, 0) is 4.84 Å². The topological polar surface area (TPSA) is 105 Å². The monoisotopic (exact) mass is 266 g/mol. The molecule has 102 valence electrons. The van der Waals surface area contributed by atoms with Crippen LogP contribution in [0.25, 0.3) is 0 Å². The number of benzene rings is 1. The number of rotatable bonds is 4. The average molecular weight is 266 g/mol. The van der Waals surface area contributed by atoms with Gasteiger partial charge in [-0.25, -0.2) is 0 Å². The van der Waals surface area contributed by atoms with Crippen molar-refractivity contribution in [1.82, 2.24) is 0 Å². The lowest BCUT2D eigenvalue weighted by atomic mass is 9.95. The van der Waals surface area contributed by atoms with Crippen LogP contribution in [0.2, 0.25) is 0 Å². The highest BCUT2D eigenvalue weighted by Crippen LogP contribution is 2.26. The highest BCUT2D eigenvalue weighted by Gasteiger charge is 2.48. The standard InChI is InChI=1S/C12H14N2O5/c1-7-9(14(17)18)12(19-13-7)11(16)10(15)8-5-3-2-4-6-8/h2-6,9-12,15-16H,1H3/t9-,10+,11-,12-/m0/s1. The zero-order valence-corrected chi connectivity index (χ0v) is 10.2. The molecule has 0 aromatic heterocycles. The van der Waals surface area contributed by atoms with Gasteiger partial charge in [-0.2, -0.15) is 0 Å². The molecule has 7 nitrogen and oxygen atoms in total. The average Bonchev–Trinajstić information content (AvgIpc) is 2.80. The van der Waals surface area contributed by atoms with Crippen molar-refractivity contribution < 1.29 is 20.0 Å². The summed E-state index contributed by atoms with van der Waals surface area (Å²) in [4.78, 5) is 15.2. The van der Waals surface area contributed by atoms with Gasteiger partial charge < -0.3 is 15.1 Å². The van der Waals surface area contributed by atoms with Gasteiger partial charge in [0.15, 0.2) is 0 Å². The van der Waals surface area contributed by atoms with Crippen LogP contribution in [0.4, 0.5) is 0 Å². The summed E-state index contributed by atoms with van der Waals surface area (Å²) >= 11 is 0. The molecule has 19 heavy (non-hydrogen) atoms. The third kappa shape index (κ3) is 2.56. The first-order chi connectivity index (χ1) is 9.02. The number of nitrogens with zero attached hydrogens (tertiary/aromatic N) is 2. The van der Waals surface area contributed by atoms with Crippen LogP contribution in [0.5, 0.6) is 0 Å². The molecule has 1 heterocycles. The fourth-order valence-electron chi connectivity index (χ4n) is 2.04. The molecule has 1 aromatic rings. The fourth-order valence-corrected chi connectivity index (χ4v) is 2.04. The zero-order chi connectivity index (χ0) is 14.0. The van der Waals surface area contributed by atoms with Crippen molar-refractivity contribution in [3.05, 3.63) is 46.0 Å². The minimum atomic E-state index is -1.43. The Hall–Kier alpha value is -1.99. The molecule has 7 heteroatoms. The number of hydrogen-bond donors (Lipinski definition) is 2. The molecular weight excluding hydrogens is 252 g/mol. The molecule has 1 aliphatic rings. The lowest BCUT2D eigenvalue weighted by Crippen LogP contribution is -2.45. The van der Waals surface area contributed by atoms with Crippen molar-refractivity contribution in [3.8, 4) is 0 Å². The Bertz CT molecular complexity index is 490. The van der Waals surface area contributed by atoms with E-state index in [1.54, 1.807) is 30.3 Å². The minimum absolute atomic E-state index is 0.175. The summed E-state index contributed by atoms with van der Waals surface area (Å²) in [5, 5.41) is 34.5. The summed E-state index contributed by atoms with van der Waals surface area (Å²) in [5.41, 5.74) is 0.638. The first-order valence-electron chi connectivity index (χ1n) is 5.77. The lowest BCUT2D eigenvalue weighted by Gasteiger charge is -2.23. The van der Waals surface area contributed by atoms with E-state index in [1.165, 1.54) is 6.92 Å². The highest BCUT2D eigenvalue weighted by molar-refractivity contribution is 5.87. The quantitative estimate of drug-likeness (QED) is 0.610. The number of hydrogen-bond acceptors (Lipinski definition) is 6. The van der Waals surface area contributed by atoms with Crippen LogP contribution >= 0.6 is 0 Å². The molecule has 0 aliphatic carbocycles. The van der Waals surface area contributed by atoms with Crippen molar-refractivity contribution in [2.45, 2.75) is 31.3 Å². The Morgan fingerprint density at radius 2 is 2.00 bits per heavy atom. The van der Waals surface area contributed by atoms with Crippen LogP contribution in [0.1, 0.15) is 18.6 Å². The molecule has 0 radical (unpaired) electrons. The van der Waals surface area contributed by atoms with Gasteiger partial charge in [0.1, 0.15) is 17.9 Å². The predicted octanol–water partition coefficient (Wildman–Crippen LogP) is 0.501. The number of aliphatic hydroxyl groups excluding tert-OH is 2. The van der Waals surface area contributed by atoms with Crippen LogP contribution in [0.15, 0.2) is 35.5 Å². The molecule has 1 aromatic carbocycles. The van der Waals surface area contributed by atoms with E-state index in [9.17, 15) is 20.3 Å². The zero-order valence-electron chi connectivity index (χ0n) is 10.2. The summed E-state index contributed by atoms with van der Waals surface area (Å²) in [6, 6.07) is 7.17. The Balaban J connectivity index is 2.16. The molecule has 4 atom stereocenters. The second-order valence-corrected chi connectivity index (χ2v) is 4.38. The molecule has 0 fully saturated rings. The van der Waals surface area contributed by atoms with Gasteiger partial charge in [0.2, 0.25) is 6.10 Å². The van der Waals surface area contributed by atoms with Crippen LogP contribution in [0, 0.1) is 10.1 Å². The summed E-state index contributed by atoms with van der Waals surface area (Å²) in [5.74, 6) is 0. The second-order valence-electron chi connectivity index (χ2n) is 4.38. The fraction of sp³-hybridized carbons (Fsp3) is 0.417.